The van der Waals surface area contributed by atoms with Gasteiger partial charge in [-0.15, -0.1) is 0 Å². The number of aromatic nitrogens is 2. The standard InChI is InChI=1S/C17H22N4O/c1-14(9-15-5-3-7-18-10-15)20-17(22)13-21(2)12-16-6-4-8-19-11-16/h3-8,10-11,14H,9,12-13H2,1-2H3,(H,20,22). The lowest BCUT2D eigenvalue weighted by Gasteiger charge is -2.19. The van der Waals surface area contributed by atoms with Crippen LogP contribution in [0.3, 0.4) is 0 Å². The Hall–Kier alpha value is -2.27. The van der Waals surface area contributed by atoms with Gasteiger partial charge < -0.3 is 5.32 Å². The molecule has 0 aliphatic carbocycles. The third kappa shape index (κ3) is 5.61. The molecule has 0 aliphatic heterocycles. The summed E-state index contributed by atoms with van der Waals surface area (Å²) in [5, 5.41) is 3.02. The summed E-state index contributed by atoms with van der Waals surface area (Å²) < 4.78 is 0. The van der Waals surface area contributed by atoms with Crippen molar-refractivity contribution in [2.24, 2.45) is 0 Å². The van der Waals surface area contributed by atoms with Crippen LogP contribution >= 0.6 is 0 Å². The van der Waals surface area contributed by atoms with Crippen LogP contribution in [0.15, 0.2) is 49.1 Å². The van der Waals surface area contributed by atoms with Crippen LogP contribution in [-0.2, 0) is 17.8 Å². The maximum atomic E-state index is 12.1. The molecule has 1 N–H and O–H groups in total. The van der Waals surface area contributed by atoms with E-state index in [1.807, 2.05) is 55.5 Å². The van der Waals surface area contributed by atoms with E-state index in [0.29, 0.717) is 13.1 Å². The van der Waals surface area contributed by atoms with Crippen molar-refractivity contribution in [3.63, 3.8) is 0 Å². The van der Waals surface area contributed by atoms with Crippen LogP contribution < -0.4 is 5.32 Å². The highest BCUT2D eigenvalue weighted by molar-refractivity contribution is 5.78. The average Bonchev–Trinajstić information content (AvgIpc) is 2.48. The summed E-state index contributed by atoms with van der Waals surface area (Å²) >= 11 is 0. The van der Waals surface area contributed by atoms with Gasteiger partial charge in [0.15, 0.2) is 0 Å². The van der Waals surface area contributed by atoms with Gasteiger partial charge in [0.1, 0.15) is 0 Å². The fourth-order valence-corrected chi connectivity index (χ4v) is 2.35. The molecule has 2 aromatic heterocycles. The highest BCUT2D eigenvalue weighted by Gasteiger charge is 2.11. The number of carbonyl (C=O) groups excluding carboxylic acids is 1. The summed E-state index contributed by atoms with van der Waals surface area (Å²) in [6.07, 6.45) is 7.93. The largest absolute Gasteiger partial charge is 0.352 e. The average molecular weight is 298 g/mol. The smallest absolute Gasteiger partial charge is 0.234 e. The molecule has 1 atom stereocenters. The molecule has 0 aliphatic rings. The summed E-state index contributed by atoms with van der Waals surface area (Å²) in [6, 6.07) is 7.92. The second kappa shape index (κ2) is 8.24. The van der Waals surface area contributed by atoms with E-state index in [2.05, 4.69) is 15.3 Å². The minimum Gasteiger partial charge on any atom is -0.352 e. The van der Waals surface area contributed by atoms with Crippen molar-refractivity contribution in [1.29, 1.82) is 0 Å². The molecule has 5 nitrogen and oxygen atoms in total. The molecular formula is C17H22N4O. The molecule has 0 fully saturated rings. The Kier molecular flexibility index (Phi) is 6.03. The first kappa shape index (κ1) is 16.1. The topological polar surface area (TPSA) is 58.1 Å². The van der Waals surface area contributed by atoms with Crippen molar-refractivity contribution in [1.82, 2.24) is 20.2 Å². The van der Waals surface area contributed by atoms with Crippen LogP contribution in [0.25, 0.3) is 0 Å². The third-order valence-electron chi connectivity index (χ3n) is 3.26. The number of amides is 1. The van der Waals surface area contributed by atoms with Crippen molar-refractivity contribution in [2.75, 3.05) is 13.6 Å². The Morgan fingerprint density at radius 1 is 1.18 bits per heavy atom. The third-order valence-corrected chi connectivity index (χ3v) is 3.26. The van der Waals surface area contributed by atoms with Gasteiger partial charge in [0.25, 0.3) is 0 Å². The first-order valence-electron chi connectivity index (χ1n) is 7.39. The monoisotopic (exact) mass is 298 g/mol. The van der Waals surface area contributed by atoms with Gasteiger partial charge in [-0.3, -0.25) is 19.7 Å². The fraction of sp³-hybridized carbons (Fsp3) is 0.353. The molecule has 0 saturated heterocycles. The van der Waals surface area contributed by atoms with Crippen molar-refractivity contribution in [2.45, 2.75) is 25.9 Å². The maximum Gasteiger partial charge on any atom is 0.234 e. The molecule has 0 spiro atoms. The second-order valence-electron chi connectivity index (χ2n) is 5.57. The van der Waals surface area contributed by atoms with E-state index in [9.17, 15) is 4.79 Å². The molecule has 2 heterocycles. The lowest BCUT2D eigenvalue weighted by Crippen LogP contribution is -2.40. The van der Waals surface area contributed by atoms with Crippen LogP contribution in [0.4, 0.5) is 0 Å². The number of nitrogens with one attached hydrogen (secondary N) is 1. The van der Waals surface area contributed by atoms with Gasteiger partial charge in [0.2, 0.25) is 5.91 Å². The molecule has 1 unspecified atom stereocenters. The fourth-order valence-electron chi connectivity index (χ4n) is 2.35. The molecule has 0 bridgehead atoms. The first-order chi connectivity index (χ1) is 10.6. The van der Waals surface area contributed by atoms with Crippen LogP contribution in [0.2, 0.25) is 0 Å². The molecule has 0 radical (unpaired) electrons. The number of nitrogens with zero attached hydrogens (tertiary/aromatic N) is 3. The lowest BCUT2D eigenvalue weighted by atomic mass is 10.1. The molecule has 22 heavy (non-hydrogen) atoms. The highest BCUT2D eigenvalue weighted by atomic mass is 16.2. The van der Waals surface area contributed by atoms with Gasteiger partial charge in [0, 0.05) is 37.4 Å². The predicted octanol–water partition coefficient (Wildman–Crippen LogP) is 1.66. The number of pyridine rings is 2. The van der Waals surface area contributed by atoms with E-state index >= 15 is 0 Å². The number of hydrogen-bond donors (Lipinski definition) is 1. The number of likely N-dealkylation sites (N-methyl/N-ethyl adjacent to an activating group) is 1. The van der Waals surface area contributed by atoms with Crippen LogP contribution in [0.1, 0.15) is 18.1 Å². The summed E-state index contributed by atoms with van der Waals surface area (Å²) in [6.45, 7) is 3.08. The van der Waals surface area contributed by atoms with Crippen molar-refractivity contribution < 1.29 is 4.79 Å². The maximum absolute atomic E-state index is 12.1. The second-order valence-corrected chi connectivity index (χ2v) is 5.57. The Labute approximate surface area is 131 Å². The van der Waals surface area contributed by atoms with Gasteiger partial charge in [-0.25, -0.2) is 0 Å². The van der Waals surface area contributed by atoms with Crippen LogP contribution in [-0.4, -0.2) is 40.4 Å². The zero-order valence-corrected chi connectivity index (χ0v) is 13.1. The van der Waals surface area contributed by atoms with Crippen LogP contribution in [0.5, 0.6) is 0 Å². The minimum absolute atomic E-state index is 0.0304. The molecule has 5 heteroatoms. The Balaban J connectivity index is 1.75. The summed E-state index contributed by atoms with van der Waals surface area (Å²) in [7, 11) is 1.93. The zero-order valence-electron chi connectivity index (χ0n) is 13.1. The molecular weight excluding hydrogens is 276 g/mol. The summed E-state index contributed by atoms with van der Waals surface area (Å²) in [5.74, 6) is 0.0304. The number of hydrogen-bond acceptors (Lipinski definition) is 4. The molecule has 2 rings (SSSR count). The van der Waals surface area contributed by atoms with E-state index in [1.165, 1.54) is 0 Å². The molecule has 116 valence electrons. The van der Waals surface area contributed by atoms with Crippen molar-refractivity contribution in [3.8, 4) is 0 Å². The first-order valence-corrected chi connectivity index (χ1v) is 7.39. The van der Waals surface area contributed by atoms with E-state index in [-0.39, 0.29) is 11.9 Å². The van der Waals surface area contributed by atoms with Gasteiger partial charge >= 0.3 is 0 Å². The minimum atomic E-state index is 0.0304. The Morgan fingerprint density at radius 2 is 1.82 bits per heavy atom. The van der Waals surface area contributed by atoms with E-state index in [0.717, 1.165) is 17.5 Å². The predicted molar refractivity (Wildman–Crippen MR) is 86.1 cm³/mol. The Bertz CT molecular complexity index is 522. The summed E-state index contributed by atoms with van der Waals surface area (Å²) in [4.78, 5) is 22.2. The number of carbonyl (C=O) groups is 1. The lowest BCUT2D eigenvalue weighted by molar-refractivity contribution is -0.122. The highest BCUT2D eigenvalue weighted by Crippen LogP contribution is 2.02. The van der Waals surface area contributed by atoms with E-state index in [4.69, 9.17) is 0 Å². The van der Waals surface area contributed by atoms with Gasteiger partial charge in [-0.2, -0.15) is 0 Å². The molecule has 1 amide bonds. The molecule has 2 aromatic rings. The Morgan fingerprint density at radius 3 is 2.41 bits per heavy atom. The van der Waals surface area contributed by atoms with Gasteiger partial charge in [-0.05, 0) is 43.7 Å². The van der Waals surface area contributed by atoms with E-state index in [1.54, 1.807) is 12.4 Å². The zero-order chi connectivity index (χ0) is 15.8. The SMILES string of the molecule is CC(Cc1cccnc1)NC(=O)CN(C)Cc1cccnc1. The normalized spacial score (nSPS) is 12.1. The van der Waals surface area contributed by atoms with Gasteiger partial charge in [0.05, 0.1) is 6.54 Å². The van der Waals surface area contributed by atoms with Crippen molar-refractivity contribution >= 4 is 5.91 Å². The van der Waals surface area contributed by atoms with Crippen molar-refractivity contribution in [3.05, 3.63) is 60.2 Å². The van der Waals surface area contributed by atoms with Gasteiger partial charge in [-0.1, -0.05) is 12.1 Å². The van der Waals surface area contributed by atoms with E-state index < -0.39 is 0 Å². The molecule has 0 aromatic carbocycles. The quantitative estimate of drug-likeness (QED) is 0.844. The molecule has 0 saturated carbocycles. The summed E-state index contributed by atoms with van der Waals surface area (Å²) in [5.41, 5.74) is 2.22. The van der Waals surface area contributed by atoms with Crippen LogP contribution in [0, 0.1) is 0 Å². The number of rotatable bonds is 7.